The van der Waals surface area contributed by atoms with Crippen molar-refractivity contribution in [3.05, 3.63) is 0 Å². The number of nitrogens with zero attached hydrogens (tertiary/aromatic N) is 1. The summed E-state index contributed by atoms with van der Waals surface area (Å²) in [5, 5.41) is 4.05. The topological polar surface area (TPSA) is 21.6 Å². The molecule has 0 bridgehead atoms. The molecule has 0 saturated heterocycles. The second-order valence-corrected chi connectivity index (χ2v) is 3.81. The van der Waals surface area contributed by atoms with E-state index >= 15 is 0 Å². The molecule has 0 amide bonds. The van der Waals surface area contributed by atoms with Gasteiger partial charge < -0.3 is 4.84 Å². The number of hydrogen-bond acceptors (Lipinski definition) is 2. The van der Waals surface area contributed by atoms with Crippen molar-refractivity contribution in [3.63, 3.8) is 0 Å². The zero-order valence-electron chi connectivity index (χ0n) is 7.68. The molecule has 1 aliphatic carbocycles. The van der Waals surface area contributed by atoms with Gasteiger partial charge in [0.1, 0.15) is 7.11 Å². The average Bonchev–Trinajstić information content (AvgIpc) is 1.94. The summed E-state index contributed by atoms with van der Waals surface area (Å²) in [4.78, 5) is 4.80. The fourth-order valence-corrected chi connectivity index (χ4v) is 1.62. The summed E-state index contributed by atoms with van der Waals surface area (Å²) in [7, 11) is 1.62. The standard InChI is InChI=1S/C9H17NO/c1-9(2)7-5-4-6-8(9)10-11-3/h4-7H2,1-3H3/b10-8-. The van der Waals surface area contributed by atoms with Gasteiger partial charge in [-0.2, -0.15) is 0 Å². The Morgan fingerprint density at radius 1 is 1.36 bits per heavy atom. The van der Waals surface area contributed by atoms with Crippen LogP contribution in [0.2, 0.25) is 0 Å². The van der Waals surface area contributed by atoms with Crippen LogP contribution < -0.4 is 0 Å². The van der Waals surface area contributed by atoms with Crippen LogP contribution in [0.1, 0.15) is 39.5 Å². The first kappa shape index (κ1) is 8.57. The van der Waals surface area contributed by atoms with Crippen LogP contribution in [0, 0.1) is 5.41 Å². The maximum atomic E-state index is 4.80. The molecule has 0 unspecified atom stereocenters. The van der Waals surface area contributed by atoms with Crippen LogP contribution >= 0.6 is 0 Å². The SMILES string of the molecule is CO/N=C1/CCCCC1(C)C. The maximum absolute atomic E-state index is 4.80. The van der Waals surface area contributed by atoms with Gasteiger partial charge in [-0.05, 0) is 19.3 Å². The summed E-state index contributed by atoms with van der Waals surface area (Å²) in [6.07, 6.45) is 4.96. The highest BCUT2D eigenvalue weighted by atomic mass is 16.6. The van der Waals surface area contributed by atoms with Crippen molar-refractivity contribution < 1.29 is 4.84 Å². The van der Waals surface area contributed by atoms with Crippen LogP contribution in [0.4, 0.5) is 0 Å². The third-order valence-corrected chi connectivity index (χ3v) is 2.45. The average molecular weight is 155 g/mol. The van der Waals surface area contributed by atoms with Crippen molar-refractivity contribution in [3.8, 4) is 0 Å². The molecule has 1 aliphatic rings. The van der Waals surface area contributed by atoms with Gasteiger partial charge in [0.25, 0.3) is 0 Å². The highest BCUT2D eigenvalue weighted by Crippen LogP contribution is 2.32. The van der Waals surface area contributed by atoms with Gasteiger partial charge >= 0.3 is 0 Å². The van der Waals surface area contributed by atoms with E-state index in [9.17, 15) is 0 Å². The smallest absolute Gasteiger partial charge is 0.106 e. The normalized spacial score (nSPS) is 27.0. The molecule has 1 fully saturated rings. The van der Waals surface area contributed by atoms with Crippen LogP contribution in [0.3, 0.4) is 0 Å². The van der Waals surface area contributed by atoms with Gasteiger partial charge in [0, 0.05) is 5.41 Å². The monoisotopic (exact) mass is 155 g/mol. The molecule has 64 valence electrons. The second kappa shape index (κ2) is 3.24. The molecule has 0 N–H and O–H groups in total. The van der Waals surface area contributed by atoms with Gasteiger partial charge in [-0.1, -0.05) is 25.4 Å². The predicted molar refractivity (Wildman–Crippen MR) is 46.7 cm³/mol. The Kier molecular flexibility index (Phi) is 2.53. The number of rotatable bonds is 1. The van der Waals surface area contributed by atoms with E-state index in [4.69, 9.17) is 4.84 Å². The largest absolute Gasteiger partial charge is 0.399 e. The molecule has 0 spiro atoms. The molecule has 0 atom stereocenters. The van der Waals surface area contributed by atoms with Crippen molar-refractivity contribution in [1.82, 2.24) is 0 Å². The van der Waals surface area contributed by atoms with Crippen LogP contribution in [0.25, 0.3) is 0 Å². The van der Waals surface area contributed by atoms with Crippen molar-refractivity contribution in [2.75, 3.05) is 7.11 Å². The van der Waals surface area contributed by atoms with Gasteiger partial charge in [-0.25, -0.2) is 0 Å². The molecule has 0 aromatic carbocycles. The van der Waals surface area contributed by atoms with Gasteiger partial charge in [-0.15, -0.1) is 0 Å². The van der Waals surface area contributed by atoms with Crippen molar-refractivity contribution in [2.24, 2.45) is 10.6 Å². The summed E-state index contributed by atoms with van der Waals surface area (Å²) in [6, 6.07) is 0. The van der Waals surface area contributed by atoms with Gasteiger partial charge in [0.15, 0.2) is 0 Å². The Hall–Kier alpha value is -0.530. The highest BCUT2D eigenvalue weighted by molar-refractivity contribution is 5.89. The first-order valence-corrected chi connectivity index (χ1v) is 4.27. The van der Waals surface area contributed by atoms with Crippen molar-refractivity contribution >= 4 is 5.71 Å². The van der Waals surface area contributed by atoms with E-state index in [0.717, 1.165) is 6.42 Å². The number of oxime groups is 1. The van der Waals surface area contributed by atoms with E-state index in [1.54, 1.807) is 7.11 Å². The van der Waals surface area contributed by atoms with Crippen LogP contribution in [-0.2, 0) is 4.84 Å². The van der Waals surface area contributed by atoms with Gasteiger partial charge in [0.05, 0.1) is 5.71 Å². The molecule has 0 radical (unpaired) electrons. The van der Waals surface area contributed by atoms with Crippen LogP contribution in [-0.4, -0.2) is 12.8 Å². The first-order chi connectivity index (χ1) is 5.17. The van der Waals surface area contributed by atoms with E-state index in [-0.39, 0.29) is 5.41 Å². The lowest BCUT2D eigenvalue weighted by Crippen LogP contribution is -2.28. The first-order valence-electron chi connectivity index (χ1n) is 4.27. The zero-order chi connectivity index (χ0) is 8.32. The molecule has 2 heteroatoms. The quantitative estimate of drug-likeness (QED) is 0.533. The molecule has 11 heavy (non-hydrogen) atoms. The van der Waals surface area contributed by atoms with Gasteiger partial charge in [-0.3, -0.25) is 0 Å². The Labute approximate surface area is 68.6 Å². The molecule has 0 heterocycles. The Morgan fingerprint density at radius 2 is 2.09 bits per heavy atom. The lowest BCUT2D eigenvalue weighted by molar-refractivity contribution is 0.204. The lowest BCUT2D eigenvalue weighted by Gasteiger charge is -2.30. The Balaban J connectivity index is 2.67. The predicted octanol–water partition coefficient (Wildman–Crippen LogP) is 2.59. The molecule has 2 nitrogen and oxygen atoms in total. The number of hydrogen-bond donors (Lipinski definition) is 0. The summed E-state index contributed by atoms with van der Waals surface area (Å²) < 4.78 is 0. The fourth-order valence-electron chi connectivity index (χ4n) is 1.62. The molecule has 0 aromatic rings. The molecular weight excluding hydrogens is 138 g/mol. The van der Waals surface area contributed by atoms with Crippen LogP contribution in [0.5, 0.6) is 0 Å². The fraction of sp³-hybridized carbons (Fsp3) is 0.889. The lowest BCUT2D eigenvalue weighted by atomic mass is 9.76. The van der Waals surface area contributed by atoms with E-state index < -0.39 is 0 Å². The van der Waals surface area contributed by atoms with Crippen molar-refractivity contribution in [1.29, 1.82) is 0 Å². The third-order valence-electron chi connectivity index (χ3n) is 2.45. The molecule has 1 saturated carbocycles. The van der Waals surface area contributed by atoms with E-state index in [0.29, 0.717) is 0 Å². The highest BCUT2D eigenvalue weighted by Gasteiger charge is 2.28. The molecule has 1 rings (SSSR count). The summed E-state index contributed by atoms with van der Waals surface area (Å²) in [5.41, 5.74) is 1.50. The second-order valence-electron chi connectivity index (χ2n) is 3.81. The van der Waals surface area contributed by atoms with E-state index in [1.807, 2.05) is 0 Å². The maximum Gasteiger partial charge on any atom is 0.106 e. The Bertz CT molecular complexity index is 161. The van der Waals surface area contributed by atoms with E-state index in [2.05, 4.69) is 19.0 Å². The minimum atomic E-state index is 0.272. The van der Waals surface area contributed by atoms with Crippen molar-refractivity contribution in [2.45, 2.75) is 39.5 Å². The molecular formula is C9H17NO. The minimum Gasteiger partial charge on any atom is -0.399 e. The summed E-state index contributed by atoms with van der Waals surface area (Å²) in [5.74, 6) is 0. The summed E-state index contributed by atoms with van der Waals surface area (Å²) in [6.45, 7) is 4.48. The van der Waals surface area contributed by atoms with Gasteiger partial charge in [0.2, 0.25) is 0 Å². The Morgan fingerprint density at radius 3 is 2.64 bits per heavy atom. The van der Waals surface area contributed by atoms with E-state index in [1.165, 1.54) is 25.0 Å². The summed E-state index contributed by atoms with van der Waals surface area (Å²) >= 11 is 0. The third kappa shape index (κ3) is 1.95. The minimum absolute atomic E-state index is 0.272. The van der Waals surface area contributed by atoms with Crippen LogP contribution in [0.15, 0.2) is 5.16 Å². The molecule has 0 aliphatic heterocycles. The molecule has 0 aromatic heterocycles. The zero-order valence-corrected chi connectivity index (χ0v) is 7.68.